The van der Waals surface area contributed by atoms with Gasteiger partial charge in [0, 0.05) is 19.2 Å². The Kier molecular flexibility index (Phi) is 4.04. The Morgan fingerprint density at radius 3 is 2.55 bits per heavy atom. The van der Waals surface area contributed by atoms with Crippen LogP contribution >= 0.6 is 11.6 Å². The van der Waals surface area contributed by atoms with E-state index in [1.54, 1.807) is 20.8 Å². The quantitative estimate of drug-likeness (QED) is 0.902. The van der Waals surface area contributed by atoms with Crippen LogP contribution in [-0.4, -0.2) is 39.2 Å². The summed E-state index contributed by atoms with van der Waals surface area (Å²) in [5.74, 6) is -2.23. The standard InChI is InChI=1S/C14H16ClFN2O4/c1-13(2,3)22-12(21)18-5-4-14(18,11(19)20)10-9(16)6-8(15)7-17-10/h6-7H,4-5H2,1-3H3,(H,19,20). The Bertz CT molecular complexity index is 632. The summed E-state index contributed by atoms with van der Waals surface area (Å²) in [4.78, 5) is 28.7. The molecule has 120 valence electrons. The fraction of sp³-hybridized carbons (Fsp3) is 0.500. The molecule has 1 saturated heterocycles. The maximum atomic E-state index is 14.1. The molecule has 1 unspecified atom stereocenters. The van der Waals surface area contributed by atoms with Crippen LogP contribution in [0.25, 0.3) is 0 Å². The van der Waals surface area contributed by atoms with Crippen LogP contribution in [0.1, 0.15) is 32.9 Å². The number of nitrogens with zero attached hydrogens (tertiary/aromatic N) is 2. The molecule has 0 aliphatic carbocycles. The van der Waals surface area contributed by atoms with Crippen molar-refractivity contribution in [1.29, 1.82) is 0 Å². The second-order valence-corrected chi connectivity index (χ2v) is 6.47. The van der Waals surface area contributed by atoms with Gasteiger partial charge in [0.2, 0.25) is 0 Å². The van der Waals surface area contributed by atoms with Gasteiger partial charge in [-0.1, -0.05) is 11.6 Å². The molecule has 1 fully saturated rings. The summed E-state index contributed by atoms with van der Waals surface area (Å²) in [5.41, 5.74) is -3.00. The van der Waals surface area contributed by atoms with Crippen LogP contribution in [0.3, 0.4) is 0 Å². The number of carbonyl (C=O) groups excluding carboxylic acids is 1. The van der Waals surface area contributed by atoms with Crippen LogP contribution in [0.15, 0.2) is 12.3 Å². The van der Waals surface area contributed by atoms with Crippen molar-refractivity contribution in [3.05, 3.63) is 28.8 Å². The summed E-state index contributed by atoms with van der Waals surface area (Å²) >= 11 is 5.64. The summed E-state index contributed by atoms with van der Waals surface area (Å²) in [7, 11) is 0. The number of rotatable bonds is 2. The third-order valence-corrected chi connectivity index (χ3v) is 3.53. The molecule has 1 aliphatic rings. The maximum Gasteiger partial charge on any atom is 0.411 e. The molecule has 1 N–H and O–H groups in total. The molecular weight excluding hydrogens is 315 g/mol. The van der Waals surface area contributed by atoms with Crippen LogP contribution in [-0.2, 0) is 15.1 Å². The Hall–Kier alpha value is -1.89. The monoisotopic (exact) mass is 330 g/mol. The molecule has 0 spiro atoms. The first kappa shape index (κ1) is 16.5. The zero-order chi connectivity index (χ0) is 16.7. The number of carboxylic acid groups (broad SMARTS) is 1. The van der Waals surface area contributed by atoms with E-state index in [4.69, 9.17) is 16.3 Å². The van der Waals surface area contributed by atoms with Gasteiger partial charge in [0.25, 0.3) is 0 Å². The summed E-state index contributed by atoms with van der Waals surface area (Å²) in [6.07, 6.45) is 0.376. The van der Waals surface area contributed by atoms with Gasteiger partial charge in [0.05, 0.1) is 5.02 Å². The predicted octanol–water partition coefficient (Wildman–Crippen LogP) is 2.79. The van der Waals surface area contributed by atoms with E-state index in [-0.39, 0.29) is 23.7 Å². The van der Waals surface area contributed by atoms with Crippen molar-refractivity contribution < 1.29 is 23.8 Å². The van der Waals surface area contributed by atoms with Gasteiger partial charge in [-0.3, -0.25) is 9.88 Å². The largest absolute Gasteiger partial charge is 0.479 e. The van der Waals surface area contributed by atoms with E-state index in [0.29, 0.717) is 0 Å². The topological polar surface area (TPSA) is 79.7 Å². The molecule has 0 aromatic carbocycles. The van der Waals surface area contributed by atoms with E-state index in [0.717, 1.165) is 17.2 Å². The minimum atomic E-state index is -1.86. The van der Waals surface area contributed by atoms with E-state index in [1.165, 1.54) is 0 Å². The molecule has 6 nitrogen and oxygen atoms in total. The zero-order valence-corrected chi connectivity index (χ0v) is 13.1. The van der Waals surface area contributed by atoms with Crippen molar-refractivity contribution in [3.63, 3.8) is 0 Å². The minimum absolute atomic E-state index is 0.0462. The molecule has 1 amide bonds. The van der Waals surface area contributed by atoms with E-state index in [1.807, 2.05) is 0 Å². The molecular formula is C14H16ClFN2O4. The average Bonchev–Trinajstić information content (AvgIpc) is 2.27. The second-order valence-electron chi connectivity index (χ2n) is 6.03. The van der Waals surface area contributed by atoms with Gasteiger partial charge in [0.1, 0.15) is 17.1 Å². The van der Waals surface area contributed by atoms with Crippen LogP contribution in [0, 0.1) is 5.82 Å². The van der Waals surface area contributed by atoms with Crippen molar-refractivity contribution in [2.24, 2.45) is 0 Å². The zero-order valence-electron chi connectivity index (χ0n) is 12.4. The summed E-state index contributed by atoms with van der Waals surface area (Å²) in [6.45, 7) is 5.13. The molecule has 0 radical (unpaired) electrons. The Labute approximate surface area is 131 Å². The molecule has 2 heterocycles. The highest BCUT2D eigenvalue weighted by atomic mass is 35.5. The van der Waals surface area contributed by atoms with Crippen molar-refractivity contribution in [2.75, 3.05) is 6.54 Å². The Balaban J connectivity index is 2.42. The van der Waals surface area contributed by atoms with Gasteiger partial charge in [-0.25, -0.2) is 14.0 Å². The molecule has 1 atom stereocenters. The number of aromatic nitrogens is 1. The summed E-state index contributed by atoms with van der Waals surface area (Å²) in [6, 6.07) is 0.972. The third kappa shape index (κ3) is 2.72. The molecule has 1 aliphatic heterocycles. The minimum Gasteiger partial charge on any atom is -0.479 e. The number of likely N-dealkylation sites (tertiary alicyclic amines) is 1. The first-order valence-electron chi connectivity index (χ1n) is 6.63. The van der Waals surface area contributed by atoms with Crippen molar-refractivity contribution in [2.45, 2.75) is 38.3 Å². The number of aliphatic carboxylic acids is 1. The van der Waals surface area contributed by atoms with Crippen molar-refractivity contribution in [1.82, 2.24) is 9.88 Å². The third-order valence-electron chi connectivity index (χ3n) is 3.33. The molecule has 1 aromatic heterocycles. The smallest absolute Gasteiger partial charge is 0.411 e. The number of hydrogen-bond donors (Lipinski definition) is 1. The van der Waals surface area contributed by atoms with E-state index < -0.39 is 29.0 Å². The van der Waals surface area contributed by atoms with E-state index >= 15 is 0 Å². The van der Waals surface area contributed by atoms with Crippen LogP contribution < -0.4 is 0 Å². The Morgan fingerprint density at radius 2 is 2.14 bits per heavy atom. The number of pyridine rings is 1. The summed E-state index contributed by atoms with van der Waals surface area (Å²) in [5, 5.41) is 9.61. The van der Waals surface area contributed by atoms with Crippen molar-refractivity contribution in [3.8, 4) is 0 Å². The number of carboxylic acids is 1. The molecule has 1 aromatic rings. The molecule has 0 bridgehead atoms. The van der Waals surface area contributed by atoms with Gasteiger partial charge in [-0.2, -0.15) is 0 Å². The fourth-order valence-electron chi connectivity index (χ4n) is 2.30. The maximum absolute atomic E-state index is 14.1. The van der Waals surface area contributed by atoms with Gasteiger partial charge in [-0.15, -0.1) is 0 Å². The van der Waals surface area contributed by atoms with Crippen LogP contribution in [0.5, 0.6) is 0 Å². The first-order valence-corrected chi connectivity index (χ1v) is 7.01. The van der Waals surface area contributed by atoms with Crippen LogP contribution in [0.2, 0.25) is 5.02 Å². The summed E-state index contributed by atoms with van der Waals surface area (Å²) < 4.78 is 19.3. The lowest BCUT2D eigenvalue weighted by Crippen LogP contribution is -2.65. The predicted molar refractivity (Wildman–Crippen MR) is 76.1 cm³/mol. The molecule has 22 heavy (non-hydrogen) atoms. The second kappa shape index (κ2) is 5.39. The first-order chi connectivity index (χ1) is 10.1. The average molecular weight is 331 g/mol. The molecule has 8 heteroatoms. The number of hydrogen-bond acceptors (Lipinski definition) is 4. The van der Waals surface area contributed by atoms with Gasteiger partial charge < -0.3 is 9.84 Å². The van der Waals surface area contributed by atoms with Gasteiger partial charge in [0.15, 0.2) is 5.54 Å². The normalized spacial score (nSPS) is 21.2. The van der Waals surface area contributed by atoms with Crippen molar-refractivity contribution >= 4 is 23.7 Å². The number of halogens is 2. The molecule has 0 saturated carbocycles. The lowest BCUT2D eigenvalue weighted by molar-refractivity contribution is -0.162. The van der Waals surface area contributed by atoms with E-state index in [2.05, 4.69) is 4.98 Å². The highest BCUT2D eigenvalue weighted by Gasteiger charge is 2.58. The lowest BCUT2D eigenvalue weighted by Gasteiger charge is -2.48. The Morgan fingerprint density at radius 1 is 1.50 bits per heavy atom. The fourth-order valence-corrected chi connectivity index (χ4v) is 2.44. The van der Waals surface area contributed by atoms with Gasteiger partial charge in [-0.05, 0) is 26.8 Å². The van der Waals surface area contributed by atoms with Crippen LogP contribution in [0.4, 0.5) is 9.18 Å². The highest BCUT2D eigenvalue weighted by molar-refractivity contribution is 6.30. The SMILES string of the molecule is CC(C)(C)OC(=O)N1CCC1(C(=O)O)c1ncc(Cl)cc1F. The molecule has 2 rings (SSSR count). The van der Waals surface area contributed by atoms with E-state index in [9.17, 15) is 19.1 Å². The van der Waals surface area contributed by atoms with Gasteiger partial charge >= 0.3 is 12.1 Å². The number of amides is 1. The number of carbonyl (C=O) groups is 2. The lowest BCUT2D eigenvalue weighted by atomic mass is 9.81. The number of ether oxygens (including phenoxy) is 1. The highest BCUT2D eigenvalue weighted by Crippen LogP contribution is 2.42.